The van der Waals surface area contributed by atoms with Crippen molar-refractivity contribution < 1.29 is 28.7 Å². The molecule has 0 radical (unpaired) electrons. The van der Waals surface area contributed by atoms with Gasteiger partial charge in [-0.2, -0.15) is 0 Å². The molecule has 11 nitrogen and oxygen atoms in total. The predicted octanol–water partition coefficient (Wildman–Crippen LogP) is 14.9. The summed E-state index contributed by atoms with van der Waals surface area (Å²) in [7, 11) is 0. The van der Waals surface area contributed by atoms with Crippen molar-refractivity contribution in [2.24, 2.45) is 17.8 Å². The van der Waals surface area contributed by atoms with Gasteiger partial charge in [-0.05, 0) is 131 Å². The molecule has 7 atom stereocenters. The lowest BCUT2D eigenvalue weighted by Gasteiger charge is -2.19. The fourth-order valence-electron chi connectivity index (χ4n) is 11.7. The number of Topliss-reactive ketones (excluding diaryl/α,β-unsaturated/α-hetero) is 2. The molecule has 392 valence electrons. The van der Waals surface area contributed by atoms with E-state index < -0.39 is 11.9 Å². The number of fused-ring (bicyclic) bond motifs is 8. The zero-order valence-electron chi connectivity index (χ0n) is 45.8. The molecule has 4 aromatic rings. The summed E-state index contributed by atoms with van der Waals surface area (Å²) < 4.78 is 11.8. The van der Waals surface area contributed by atoms with Crippen LogP contribution in [0.1, 0.15) is 241 Å². The molecule has 6 heterocycles. The maximum Gasteiger partial charge on any atom is 0.321 e. The molecule has 3 aliphatic rings. The number of ether oxygens (including phenoxy) is 2. The number of rotatable bonds is 24. The number of aryl methyl sites for hydroxylation is 3. The molecule has 2 unspecified atom stereocenters. The van der Waals surface area contributed by atoms with E-state index in [9.17, 15) is 19.2 Å². The molecule has 73 heavy (non-hydrogen) atoms. The van der Waals surface area contributed by atoms with Crippen molar-refractivity contribution >= 4 is 45.6 Å². The third kappa shape index (κ3) is 13.2. The number of esters is 2. The number of allylic oxidation sites excluding steroid dienone is 1. The Kier molecular flexibility index (Phi) is 18.9. The molecular formula is C62H83N5O6. The second-order valence-corrected chi connectivity index (χ2v) is 22.4. The van der Waals surface area contributed by atoms with Crippen molar-refractivity contribution in [3.05, 3.63) is 111 Å². The maximum atomic E-state index is 14.9. The van der Waals surface area contributed by atoms with Crippen molar-refractivity contribution in [2.45, 2.75) is 196 Å². The molecule has 0 saturated carbocycles. The van der Waals surface area contributed by atoms with Crippen LogP contribution in [0, 0.1) is 31.6 Å². The van der Waals surface area contributed by atoms with E-state index in [0.717, 1.165) is 70.2 Å². The van der Waals surface area contributed by atoms with Crippen LogP contribution >= 0.6 is 0 Å². The van der Waals surface area contributed by atoms with Gasteiger partial charge >= 0.3 is 11.9 Å². The first-order valence-corrected chi connectivity index (χ1v) is 27.7. The van der Waals surface area contributed by atoms with Gasteiger partial charge in [-0.1, -0.05) is 105 Å². The highest BCUT2D eigenvalue weighted by molar-refractivity contribution is 6.23. The Morgan fingerprint density at radius 2 is 1.42 bits per heavy atom. The second-order valence-electron chi connectivity index (χ2n) is 22.4. The van der Waals surface area contributed by atoms with Gasteiger partial charge in [0.2, 0.25) is 0 Å². The van der Waals surface area contributed by atoms with Crippen LogP contribution in [0.3, 0.4) is 0 Å². The normalized spacial score (nSPS) is 19.4. The molecule has 0 aromatic carbocycles. The summed E-state index contributed by atoms with van der Waals surface area (Å²) in [6.45, 7) is 23.7. The monoisotopic (exact) mass is 994 g/mol. The van der Waals surface area contributed by atoms with E-state index in [0.29, 0.717) is 64.3 Å². The predicted molar refractivity (Wildman–Crippen MR) is 292 cm³/mol. The molecule has 7 rings (SSSR count). The van der Waals surface area contributed by atoms with E-state index in [-0.39, 0.29) is 60.8 Å². The van der Waals surface area contributed by atoms with Crippen LogP contribution in [0.15, 0.2) is 54.4 Å². The van der Waals surface area contributed by atoms with Crippen molar-refractivity contribution in [1.82, 2.24) is 24.9 Å². The minimum Gasteiger partial charge on any atom is -0.465 e. The lowest BCUT2D eigenvalue weighted by atomic mass is 9.84. The smallest absolute Gasteiger partial charge is 0.321 e. The van der Waals surface area contributed by atoms with Crippen LogP contribution in [-0.4, -0.2) is 61.6 Å². The summed E-state index contributed by atoms with van der Waals surface area (Å²) in [5.41, 5.74) is 11.1. The number of nitrogens with zero attached hydrogens (tertiary/aromatic N) is 3. The van der Waals surface area contributed by atoms with E-state index in [4.69, 9.17) is 19.4 Å². The van der Waals surface area contributed by atoms with E-state index in [2.05, 4.69) is 70.3 Å². The summed E-state index contributed by atoms with van der Waals surface area (Å²) in [5, 5.41) is 0. The van der Waals surface area contributed by atoms with Gasteiger partial charge in [-0.15, -0.1) is 0 Å². The van der Waals surface area contributed by atoms with Crippen LogP contribution < -0.4 is 0 Å². The van der Waals surface area contributed by atoms with Gasteiger partial charge in [0.05, 0.1) is 23.3 Å². The zero-order chi connectivity index (χ0) is 52.5. The quantitative estimate of drug-likeness (QED) is 0.0229. The summed E-state index contributed by atoms with van der Waals surface area (Å²) >= 11 is 0. The number of hydrogen-bond acceptors (Lipinski definition) is 9. The van der Waals surface area contributed by atoms with E-state index in [1.807, 2.05) is 50.3 Å². The number of aromatic amines is 2. The standard InChI is InChI=1S/C62H83N5O6/c1-12-46-40(7)48-34-53-55(44(11)68)42(9)50(65-53)32-49-41(8)47(26-27-54(69)72-31-28-39(6)23-15-22-38(5)21-14-20-37(4)19-13-18-36(2)3)59(66-49)57-58(62(71)73-30-17-25-45-24-16-29-63-35-45)61(70)56-43(10)51(67-60(56)57)33-52(46)64-48/h16,24,28-29,32-38,40-41,46-47,58,65,67H,12-15,17-23,25-27,30-31H2,1-11H3/b39-28+,48-34?,49-32?,50-32?,51-33?,52-33?,53-34?,59-57?/t37?,38?,40-,41+,46-,47+,58-/m1/s1. The summed E-state index contributed by atoms with van der Waals surface area (Å²) in [6.07, 6.45) is 19.3. The first-order chi connectivity index (χ1) is 35.0. The van der Waals surface area contributed by atoms with Crippen LogP contribution in [0.4, 0.5) is 0 Å². The highest BCUT2D eigenvalue weighted by Gasteiger charge is 2.46. The number of hydrogen-bond donors (Lipinski definition) is 2. The van der Waals surface area contributed by atoms with Crippen molar-refractivity contribution in [3.63, 3.8) is 0 Å². The summed E-state index contributed by atoms with van der Waals surface area (Å²) in [5.74, 6) is -0.701. The average molecular weight is 994 g/mol. The van der Waals surface area contributed by atoms with Gasteiger partial charge in [0.25, 0.3) is 0 Å². The average Bonchev–Trinajstić information content (AvgIpc) is 4.10. The Labute approximate surface area is 434 Å². The Hall–Kier alpha value is -5.71. The van der Waals surface area contributed by atoms with Crippen molar-refractivity contribution in [3.8, 4) is 0 Å². The number of nitrogens with one attached hydrogen (secondary N) is 2. The molecule has 4 aromatic heterocycles. The second kappa shape index (κ2) is 25.0. The lowest BCUT2D eigenvalue weighted by Crippen LogP contribution is -2.23. The van der Waals surface area contributed by atoms with Crippen LogP contribution in [0.5, 0.6) is 0 Å². The fourth-order valence-corrected chi connectivity index (χ4v) is 11.7. The molecule has 0 amide bonds. The van der Waals surface area contributed by atoms with Crippen LogP contribution in [-0.2, 0) is 25.5 Å². The maximum absolute atomic E-state index is 14.9. The fraction of sp³-hybridized carbons (Fsp3) is 0.565. The van der Waals surface area contributed by atoms with Gasteiger partial charge in [0.15, 0.2) is 11.6 Å². The lowest BCUT2D eigenvalue weighted by molar-refractivity contribution is -0.144. The molecule has 11 heteroatoms. The summed E-state index contributed by atoms with van der Waals surface area (Å²) in [4.78, 5) is 78.2. The van der Waals surface area contributed by atoms with E-state index in [1.165, 1.54) is 50.5 Å². The first kappa shape index (κ1) is 55.0. The molecule has 1 aliphatic carbocycles. The van der Waals surface area contributed by atoms with Gasteiger partial charge in [-0.3, -0.25) is 34.1 Å². The van der Waals surface area contributed by atoms with E-state index >= 15 is 0 Å². The van der Waals surface area contributed by atoms with Crippen LogP contribution in [0.25, 0.3) is 22.1 Å². The van der Waals surface area contributed by atoms with Crippen LogP contribution in [0.2, 0.25) is 0 Å². The minimum absolute atomic E-state index is 0.0570. The topological polar surface area (TPSA) is 157 Å². The molecule has 2 aliphatic heterocycles. The molecule has 0 saturated heterocycles. The minimum atomic E-state index is -1.25. The third-order valence-corrected chi connectivity index (χ3v) is 16.3. The van der Waals surface area contributed by atoms with Gasteiger partial charge < -0.3 is 19.4 Å². The van der Waals surface area contributed by atoms with Crippen molar-refractivity contribution in [2.75, 3.05) is 13.2 Å². The Balaban J connectivity index is 1.16. The highest BCUT2D eigenvalue weighted by Crippen LogP contribution is 2.48. The molecule has 0 spiro atoms. The third-order valence-electron chi connectivity index (χ3n) is 16.3. The molecule has 8 bridgehead atoms. The number of carbonyl (C=O) groups excluding carboxylic acids is 4. The van der Waals surface area contributed by atoms with E-state index in [1.54, 1.807) is 19.3 Å². The first-order valence-electron chi connectivity index (χ1n) is 27.7. The number of ketones is 2. The SMILES string of the molecule is CC[C@H]1c2cc3[nH]c4c(c3C)C(=O)[C@H](C(=O)OCCCc3cccnc3)c4c3nc(cc4[nH]c(cc(n2)[C@@H]1C)c(C(C)=O)c4C)[C@@H](C)[C@@H]3CCC(=O)OC/C=C(\C)CCCC(C)CCCC(C)CCCC(C)C. The Morgan fingerprint density at radius 1 is 0.767 bits per heavy atom. The largest absolute Gasteiger partial charge is 0.465 e. The number of pyridine rings is 1. The number of aromatic nitrogens is 5. The van der Waals surface area contributed by atoms with Crippen molar-refractivity contribution in [1.29, 1.82) is 0 Å². The Bertz CT molecular complexity index is 2820. The van der Waals surface area contributed by atoms with Gasteiger partial charge in [0, 0.05) is 87.3 Å². The summed E-state index contributed by atoms with van der Waals surface area (Å²) in [6, 6.07) is 9.89. The van der Waals surface area contributed by atoms with Gasteiger partial charge in [-0.25, -0.2) is 0 Å². The molecule has 2 N–H and O–H groups in total. The van der Waals surface area contributed by atoms with Gasteiger partial charge in [0.1, 0.15) is 12.5 Å². The highest BCUT2D eigenvalue weighted by atomic mass is 16.5. The zero-order valence-corrected chi connectivity index (χ0v) is 45.8. The molecular weight excluding hydrogens is 911 g/mol. The Morgan fingerprint density at radius 3 is 2.11 bits per heavy atom. The number of carbonyl (C=O) groups is 4. The number of H-pyrrole nitrogens is 2. The molecule has 0 fully saturated rings.